The normalized spacial score (nSPS) is 22.8. The summed E-state index contributed by atoms with van der Waals surface area (Å²) in [6, 6.07) is 7.91. The van der Waals surface area contributed by atoms with Crippen LogP contribution in [0.5, 0.6) is 0 Å². The van der Waals surface area contributed by atoms with Crippen molar-refractivity contribution in [3.63, 3.8) is 0 Å². The van der Waals surface area contributed by atoms with Crippen molar-refractivity contribution in [1.29, 1.82) is 0 Å². The molecule has 0 spiro atoms. The van der Waals surface area contributed by atoms with Crippen LogP contribution in [0, 0.1) is 6.92 Å². The largest absolute Gasteiger partial charge is 0.377 e. The van der Waals surface area contributed by atoms with Gasteiger partial charge in [-0.15, -0.1) is 0 Å². The molecule has 5 heteroatoms. The van der Waals surface area contributed by atoms with Crippen molar-refractivity contribution in [2.75, 3.05) is 44.6 Å². The lowest BCUT2D eigenvalue weighted by Gasteiger charge is -2.35. The first kappa shape index (κ1) is 15.3. The van der Waals surface area contributed by atoms with Gasteiger partial charge < -0.3 is 15.0 Å². The summed E-state index contributed by atoms with van der Waals surface area (Å²) in [4.78, 5) is 16.6. The smallest absolute Gasteiger partial charge is 0.321 e. The Morgan fingerprint density at radius 3 is 2.59 bits per heavy atom. The van der Waals surface area contributed by atoms with Crippen LogP contribution in [0.15, 0.2) is 24.3 Å². The van der Waals surface area contributed by atoms with Crippen molar-refractivity contribution in [1.82, 2.24) is 9.80 Å². The Hall–Kier alpha value is -1.59. The Bertz CT molecular complexity index is 489. The van der Waals surface area contributed by atoms with E-state index in [1.165, 1.54) is 18.4 Å². The Morgan fingerprint density at radius 2 is 1.95 bits per heavy atom. The molecule has 0 bridgehead atoms. The highest BCUT2D eigenvalue weighted by Gasteiger charge is 2.24. The lowest BCUT2D eigenvalue weighted by atomic mass is 10.2. The molecule has 2 heterocycles. The highest BCUT2D eigenvalue weighted by atomic mass is 16.5. The van der Waals surface area contributed by atoms with Crippen molar-refractivity contribution >= 4 is 11.7 Å². The van der Waals surface area contributed by atoms with Gasteiger partial charge in [0.1, 0.15) is 0 Å². The highest BCUT2D eigenvalue weighted by Crippen LogP contribution is 2.15. The number of urea groups is 1. The van der Waals surface area contributed by atoms with Gasteiger partial charge in [-0.25, -0.2) is 4.79 Å². The number of rotatable bonds is 3. The molecule has 22 heavy (non-hydrogen) atoms. The van der Waals surface area contributed by atoms with Crippen molar-refractivity contribution in [2.24, 2.45) is 0 Å². The lowest BCUT2D eigenvalue weighted by molar-refractivity contribution is 0.0572. The lowest BCUT2D eigenvalue weighted by Crippen LogP contribution is -2.51. The molecule has 2 aliphatic heterocycles. The number of carbonyl (C=O) groups is 1. The van der Waals surface area contributed by atoms with Gasteiger partial charge >= 0.3 is 6.03 Å². The van der Waals surface area contributed by atoms with E-state index in [0.29, 0.717) is 6.10 Å². The third-order valence-electron chi connectivity index (χ3n) is 4.45. The first-order valence-corrected chi connectivity index (χ1v) is 8.17. The zero-order valence-corrected chi connectivity index (χ0v) is 13.3. The second kappa shape index (κ2) is 7.11. The van der Waals surface area contributed by atoms with E-state index < -0.39 is 0 Å². The van der Waals surface area contributed by atoms with E-state index in [1.54, 1.807) is 0 Å². The van der Waals surface area contributed by atoms with E-state index in [-0.39, 0.29) is 6.03 Å². The van der Waals surface area contributed by atoms with Crippen molar-refractivity contribution in [3.05, 3.63) is 29.8 Å². The van der Waals surface area contributed by atoms with Gasteiger partial charge in [-0.05, 0) is 31.9 Å². The molecular weight excluding hydrogens is 278 g/mol. The predicted octanol–water partition coefficient (Wildman–Crippen LogP) is 2.32. The molecule has 5 nitrogen and oxygen atoms in total. The first-order valence-electron chi connectivity index (χ1n) is 8.17. The average molecular weight is 303 g/mol. The monoisotopic (exact) mass is 303 g/mol. The van der Waals surface area contributed by atoms with Crippen LogP contribution in [-0.2, 0) is 4.74 Å². The molecule has 2 amide bonds. The standard InChI is InChI=1S/C17H25N3O2/c1-14-4-6-15(7-5-14)18-17(21)20-10-8-19(9-11-20)13-16-3-2-12-22-16/h4-7,16H,2-3,8-13H2,1H3,(H,18,21)/t16-/m0/s1. The minimum Gasteiger partial charge on any atom is -0.377 e. The Morgan fingerprint density at radius 1 is 1.23 bits per heavy atom. The fraction of sp³-hybridized carbons (Fsp3) is 0.588. The number of ether oxygens (including phenoxy) is 1. The Labute approximate surface area is 132 Å². The molecule has 0 radical (unpaired) electrons. The number of hydrogen-bond donors (Lipinski definition) is 1. The number of aryl methyl sites for hydroxylation is 1. The summed E-state index contributed by atoms with van der Waals surface area (Å²) in [6.07, 6.45) is 2.76. The second-order valence-corrected chi connectivity index (χ2v) is 6.22. The number of anilines is 1. The van der Waals surface area contributed by atoms with Gasteiger partial charge in [0.25, 0.3) is 0 Å². The molecule has 0 aliphatic carbocycles. The fourth-order valence-corrected chi connectivity index (χ4v) is 3.05. The third-order valence-corrected chi connectivity index (χ3v) is 4.45. The summed E-state index contributed by atoms with van der Waals surface area (Å²) in [6.45, 7) is 7.38. The highest BCUT2D eigenvalue weighted by molar-refractivity contribution is 5.89. The summed E-state index contributed by atoms with van der Waals surface area (Å²) < 4.78 is 5.68. The first-order chi connectivity index (χ1) is 10.7. The van der Waals surface area contributed by atoms with Gasteiger partial charge in [-0.1, -0.05) is 17.7 Å². The van der Waals surface area contributed by atoms with Gasteiger partial charge in [0.05, 0.1) is 6.10 Å². The molecule has 1 atom stereocenters. The predicted molar refractivity (Wildman–Crippen MR) is 87.2 cm³/mol. The minimum atomic E-state index is 0.000574. The average Bonchev–Trinajstić information content (AvgIpc) is 3.03. The molecule has 120 valence electrons. The Kier molecular flexibility index (Phi) is 4.95. The van der Waals surface area contributed by atoms with E-state index in [1.807, 2.05) is 36.1 Å². The molecule has 2 saturated heterocycles. The molecule has 0 unspecified atom stereocenters. The molecule has 0 saturated carbocycles. The number of benzene rings is 1. The number of nitrogens with one attached hydrogen (secondary N) is 1. The number of hydrogen-bond acceptors (Lipinski definition) is 3. The van der Waals surface area contributed by atoms with Gasteiger partial charge in [0.15, 0.2) is 0 Å². The van der Waals surface area contributed by atoms with Crippen LogP contribution in [0.3, 0.4) is 0 Å². The minimum absolute atomic E-state index is 0.000574. The zero-order valence-electron chi connectivity index (χ0n) is 13.3. The van der Waals surface area contributed by atoms with Crippen molar-refractivity contribution < 1.29 is 9.53 Å². The van der Waals surface area contributed by atoms with Crippen LogP contribution in [-0.4, -0.2) is 61.3 Å². The molecular formula is C17H25N3O2. The topological polar surface area (TPSA) is 44.8 Å². The quantitative estimate of drug-likeness (QED) is 0.932. The third kappa shape index (κ3) is 3.99. The molecule has 2 fully saturated rings. The number of piperazine rings is 1. The van der Waals surface area contributed by atoms with Crippen molar-refractivity contribution in [2.45, 2.75) is 25.9 Å². The number of nitrogens with zero attached hydrogens (tertiary/aromatic N) is 2. The molecule has 2 aliphatic rings. The maximum atomic E-state index is 12.3. The van der Waals surface area contributed by atoms with E-state index in [2.05, 4.69) is 10.2 Å². The van der Waals surface area contributed by atoms with Crippen LogP contribution >= 0.6 is 0 Å². The number of carbonyl (C=O) groups excluding carboxylic acids is 1. The molecule has 1 aromatic rings. The second-order valence-electron chi connectivity index (χ2n) is 6.22. The van der Waals surface area contributed by atoms with Crippen LogP contribution in [0.25, 0.3) is 0 Å². The SMILES string of the molecule is Cc1ccc(NC(=O)N2CCN(C[C@@H]3CCCO3)CC2)cc1. The molecule has 1 aromatic carbocycles. The van der Waals surface area contributed by atoms with Crippen LogP contribution < -0.4 is 5.32 Å². The summed E-state index contributed by atoms with van der Waals surface area (Å²) >= 11 is 0. The van der Waals surface area contributed by atoms with E-state index in [0.717, 1.165) is 45.0 Å². The Balaban J connectivity index is 1.44. The summed E-state index contributed by atoms with van der Waals surface area (Å²) in [5, 5.41) is 2.97. The van der Waals surface area contributed by atoms with Gasteiger partial charge in [0.2, 0.25) is 0 Å². The summed E-state index contributed by atoms with van der Waals surface area (Å²) in [5.74, 6) is 0. The van der Waals surface area contributed by atoms with Gasteiger partial charge in [-0.3, -0.25) is 4.90 Å². The van der Waals surface area contributed by atoms with E-state index >= 15 is 0 Å². The van der Waals surface area contributed by atoms with Crippen LogP contribution in [0.2, 0.25) is 0 Å². The van der Waals surface area contributed by atoms with Gasteiger partial charge in [-0.2, -0.15) is 0 Å². The molecule has 1 N–H and O–H groups in total. The summed E-state index contributed by atoms with van der Waals surface area (Å²) in [5.41, 5.74) is 2.05. The maximum absolute atomic E-state index is 12.3. The number of amides is 2. The maximum Gasteiger partial charge on any atom is 0.321 e. The van der Waals surface area contributed by atoms with E-state index in [9.17, 15) is 4.79 Å². The molecule has 0 aromatic heterocycles. The van der Waals surface area contributed by atoms with Crippen LogP contribution in [0.4, 0.5) is 10.5 Å². The summed E-state index contributed by atoms with van der Waals surface area (Å²) in [7, 11) is 0. The van der Waals surface area contributed by atoms with Crippen LogP contribution in [0.1, 0.15) is 18.4 Å². The van der Waals surface area contributed by atoms with Crippen molar-refractivity contribution in [3.8, 4) is 0 Å². The van der Waals surface area contributed by atoms with E-state index in [4.69, 9.17) is 4.74 Å². The zero-order chi connectivity index (χ0) is 15.4. The molecule has 3 rings (SSSR count). The van der Waals surface area contributed by atoms with Gasteiger partial charge in [0, 0.05) is 45.0 Å². The fourth-order valence-electron chi connectivity index (χ4n) is 3.05.